The summed E-state index contributed by atoms with van der Waals surface area (Å²) in [5.41, 5.74) is 22.7. The SMILES string of the molecule is Cc1cc(-c2cc(C)c3c(c2)C2(C)CCCCCCC2N3)cc2c1N=C1/C(=C3/C(=O)C(=O)C(C4=C5\Nc6c(C)cc(-c7cc(C)c8c(c7)C7(C)CCCC/C=C\C7N8)cc6C5(C)CCCCC\4)=C3O)CCCCCC12C. The number of carbonyl (C=O) groups excluding carboxylic acids is 2. The first-order valence-corrected chi connectivity index (χ1v) is 29.7. The highest BCUT2D eigenvalue weighted by Crippen LogP contribution is 2.57. The maximum atomic E-state index is 15.0. The number of benzene rings is 4. The van der Waals surface area contributed by atoms with E-state index in [0.29, 0.717) is 18.9 Å². The first kappa shape index (κ1) is 49.6. The van der Waals surface area contributed by atoms with Gasteiger partial charge in [0, 0.05) is 50.5 Å². The quantitative estimate of drug-likeness (QED) is 0.0926. The van der Waals surface area contributed by atoms with Gasteiger partial charge in [-0.1, -0.05) is 83.8 Å². The highest BCUT2D eigenvalue weighted by Gasteiger charge is 2.51. The summed E-state index contributed by atoms with van der Waals surface area (Å²) in [6, 6.07) is 19.9. The Morgan fingerprint density at radius 3 is 1.79 bits per heavy atom. The Balaban J connectivity index is 0.890. The largest absolute Gasteiger partial charge is 0.506 e. The zero-order valence-corrected chi connectivity index (χ0v) is 46.8. The van der Waals surface area contributed by atoms with Crippen LogP contribution in [0.1, 0.15) is 201 Å². The Kier molecular flexibility index (Phi) is 11.8. The molecule has 2 fully saturated rings. The standard InChI is InChI=1S/C69H80N4O3/c1-39-31-43(35-49-57(39)70-53-25-17-9-11-19-27-66(49,53)5)45-33-41(3)59-51(37-45)68(7)29-21-13-15-23-47(64(68)72-59)55-61(74)56(63(76)62(55)75)48-24-16-14-22-30-69(8)52-38-46(34-42(4)60(52)73-65(48)69)44-32-40(2)58-50(36-44)67(6)28-20-12-10-18-26-54(67)71-58/h17,25,31-38,53-54,70-72,74H,9-16,18-24,26-30H2,1-8H3/b25-17-,56-48+,64-47-. The van der Waals surface area contributed by atoms with E-state index in [-0.39, 0.29) is 33.8 Å². The Morgan fingerprint density at radius 1 is 0.526 bits per heavy atom. The molecule has 0 spiro atoms. The van der Waals surface area contributed by atoms with Gasteiger partial charge in [0.1, 0.15) is 5.76 Å². The van der Waals surface area contributed by atoms with Gasteiger partial charge in [-0.05, 0) is 239 Å². The van der Waals surface area contributed by atoms with Gasteiger partial charge < -0.3 is 21.1 Å². The first-order valence-electron chi connectivity index (χ1n) is 29.7. The van der Waals surface area contributed by atoms with Crippen LogP contribution in [0.25, 0.3) is 22.3 Å². The molecule has 4 aromatic carbocycles. The van der Waals surface area contributed by atoms with E-state index >= 15 is 0 Å². The molecule has 4 N–H and O–H groups in total. The Labute approximate surface area is 452 Å². The molecule has 4 aliphatic heterocycles. The molecule has 7 nitrogen and oxygen atoms in total. The van der Waals surface area contributed by atoms with Crippen molar-refractivity contribution < 1.29 is 14.7 Å². The van der Waals surface area contributed by atoms with E-state index in [2.05, 4.69) is 132 Å². The summed E-state index contributed by atoms with van der Waals surface area (Å²) in [7, 11) is 0. The average molecular weight is 1010 g/mol. The number of hydrogen-bond donors (Lipinski definition) is 4. The molecule has 7 heteroatoms. The minimum absolute atomic E-state index is 0.0220. The second kappa shape index (κ2) is 18.1. The highest BCUT2D eigenvalue weighted by molar-refractivity contribution is 6.55. The minimum atomic E-state index is -0.590. The van der Waals surface area contributed by atoms with Crippen LogP contribution in [0.3, 0.4) is 0 Å². The molecule has 4 heterocycles. The molecule has 0 saturated heterocycles. The van der Waals surface area contributed by atoms with Crippen LogP contribution in [-0.4, -0.2) is 34.5 Å². The van der Waals surface area contributed by atoms with E-state index < -0.39 is 22.4 Å². The van der Waals surface area contributed by atoms with Crippen LogP contribution in [0.2, 0.25) is 0 Å². The number of carbonyl (C=O) groups is 2. The molecule has 13 rings (SSSR count). The van der Waals surface area contributed by atoms with Crippen molar-refractivity contribution in [1.29, 1.82) is 0 Å². The fraction of sp³-hybridized carbons (Fsp3) is 0.493. The molecule has 0 aromatic heterocycles. The van der Waals surface area contributed by atoms with Gasteiger partial charge >= 0.3 is 0 Å². The van der Waals surface area contributed by atoms with Crippen LogP contribution in [0.5, 0.6) is 0 Å². The normalized spacial score (nSPS) is 32.1. The number of anilines is 3. The zero-order valence-electron chi connectivity index (χ0n) is 46.8. The molecule has 9 aliphatic rings. The lowest BCUT2D eigenvalue weighted by Gasteiger charge is -2.34. The van der Waals surface area contributed by atoms with Crippen molar-refractivity contribution in [3.63, 3.8) is 0 Å². The number of ketones is 2. The number of allylic oxidation sites excluding steroid dienone is 6. The molecular formula is C69H80N4O3. The summed E-state index contributed by atoms with van der Waals surface area (Å²) in [6.45, 7) is 18.5. The van der Waals surface area contributed by atoms with Gasteiger partial charge in [-0.25, -0.2) is 0 Å². The predicted molar refractivity (Wildman–Crippen MR) is 313 cm³/mol. The maximum Gasteiger partial charge on any atom is 0.237 e. The van der Waals surface area contributed by atoms with Crippen molar-refractivity contribution in [2.24, 2.45) is 4.99 Å². The van der Waals surface area contributed by atoms with Crippen molar-refractivity contribution in [1.82, 2.24) is 0 Å². The number of hydrogen-bond acceptors (Lipinski definition) is 7. The number of rotatable bonds is 3. The van der Waals surface area contributed by atoms with Gasteiger partial charge in [0.25, 0.3) is 0 Å². The van der Waals surface area contributed by atoms with Crippen molar-refractivity contribution in [2.75, 3.05) is 16.0 Å². The Hall–Kier alpha value is -5.95. The van der Waals surface area contributed by atoms with Gasteiger partial charge in [-0.2, -0.15) is 0 Å². The number of Topliss-reactive ketones (excluding diaryl/α,β-unsaturated/α-hetero) is 2. The number of fused-ring (bicyclic) bond motifs is 12. The number of aryl methyl sites for hydroxylation is 4. The van der Waals surface area contributed by atoms with Crippen molar-refractivity contribution in [3.8, 4) is 22.3 Å². The molecule has 6 unspecified atom stereocenters. The topological polar surface area (TPSA) is 103 Å². The molecule has 0 amide bonds. The van der Waals surface area contributed by atoms with Gasteiger partial charge in [0.05, 0.1) is 28.6 Å². The molecular weight excluding hydrogens is 933 g/mol. The van der Waals surface area contributed by atoms with E-state index in [1.165, 1.54) is 118 Å². The van der Waals surface area contributed by atoms with Crippen LogP contribution in [0.15, 0.2) is 99.4 Å². The summed E-state index contributed by atoms with van der Waals surface area (Å²) in [5.74, 6) is -1.32. The minimum Gasteiger partial charge on any atom is -0.506 e. The summed E-state index contributed by atoms with van der Waals surface area (Å²) < 4.78 is 0. The van der Waals surface area contributed by atoms with E-state index in [9.17, 15) is 14.7 Å². The molecule has 2 saturated carbocycles. The molecule has 4 aromatic rings. The third-order valence-corrected chi connectivity index (χ3v) is 21.1. The zero-order chi connectivity index (χ0) is 52.6. The van der Waals surface area contributed by atoms with Gasteiger partial charge in [-0.15, -0.1) is 0 Å². The number of aliphatic imine (C=N–C) groups is 1. The third kappa shape index (κ3) is 7.35. The third-order valence-electron chi connectivity index (χ3n) is 21.1. The Bertz CT molecular complexity index is 3380. The van der Waals surface area contributed by atoms with Gasteiger partial charge in [0.15, 0.2) is 0 Å². The maximum absolute atomic E-state index is 15.0. The number of aliphatic hydroxyl groups excluding tert-OH is 1. The van der Waals surface area contributed by atoms with Crippen LogP contribution in [-0.2, 0) is 31.2 Å². The van der Waals surface area contributed by atoms with Gasteiger partial charge in [-0.3, -0.25) is 14.6 Å². The van der Waals surface area contributed by atoms with Crippen LogP contribution in [0, 0.1) is 27.7 Å². The second-order valence-electron chi connectivity index (χ2n) is 26.1. The summed E-state index contributed by atoms with van der Waals surface area (Å²) in [4.78, 5) is 35.5. The fourth-order valence-corrected chi connectivity index (χ4v) is 16.6. The van der Waals surface area contributed by atoms with Crippen LogP contribution < -0.4 is 16.0 Å². The van der Waals surface area contributed by atoms with Crippen LogP contribution in [0.4, 0.5) is 22.7 Å². The van der Waals surface area contributed by atoms with Crippen molar-refractivity contribution in [3.05, 3.63) is 139 Å². The summed E-state index contributed by atoms with van der Waals surface area (Å²) >= 11 is 0. The second-order valence-corrected chi connectivity index (χ2v) is 26.1. The number of nitrogens with zero attached hydrogens (tertiary/aromatic N) is 1. The average Bonchev–Trinajstić information content (AvgIpc) is 4.09. The Morgan fingerprint density at radius 2 is 1.07 bits per heavy atom. The first-order chi connectivity index (χ1) is 36.5. The van der Waals surface area contributed by atoms with Crippen molar-refractivity contribution in [2.45, 2.75) is 218 Å². The molecule has 0 radical (unpaired) electrons. The van der Waals surface area contributed by atoms with Crippen molar-refractivity contribution >= 4 is 40.0 Å². The lowest BCUT2D eigenvalue weighted by Crippen LogP contribution is -2.37. The molecule has 6 atom stereocenters. The molecule has 394 valence electrons. The van der Waals surface area contributed by atoms with E-state index in [4.69, 9.17) is 4.99 Å². The van der Waals surface area contributed by atoms with E-state index in [1.54, 1.807) is 0 Å². The molecule has 76 heavy (non-hydrogen) atoms. The molecule has 0 bridgehead atoms. The van der Waals surface area contributed by atoms with Crippen LogP contribution >= 0.6 is 0 Å². The van der Waals surface area contributed by atoms with E-state index in [0.717, 1.165) is 109 Å². The number of aliphatic hydroxyl groups is 1. The lowest BCUT2D eigenvalue weighted by atomic mass is 9.69. The van der Waals surface area contributed by atoms with Gasteiger partial charge in [0.2, 0.25) is 11.6 Å². The summed E-state index contributed by atoms with van der Waals surface area (Å²) in [5, 5.41) is 24.7. The fourth-order valence-electron chi connectivity index (χ4n) is 16.6. The number of nitrogens with one attached hydrogen (secondary N) is 3. The highest BCUT2D eigenvalue weighted by atomic mass is 16.3. The monoisotopic (exact) mass is 1010 g/mol. The summed E-state index contributed by atoms with van der Waals surface area (Å²) in [6.07, 6.45) is 25.9. The predicted octanol–water partition coefficient (Wildman–Crippen LogP) is 17.0. The van der Waals surface area contributed by atoms with E-state index in [1.807, 2.05) is 0 Å². The molecule has 5 aliphatic carbocycles. The smallest absolute Gasteiger partial charge is 0.237 e. The lowest BCUT2D eigenvalue weighted by molar-refractivity contribution is -0.131.